The molecule has 0 nitrogen and oxygen atoms in total. The average Bonchev–Trinajstić information content (AvgIpc) is 3.17. The van der Waals surface area contributed by atoms with E-state index in [2.05, 4.69) is 69.3 Å². The van der Waals surface area contributed by atoms with Crippen LogP contribution in [0.25, 0.3) is 11.1 Å². The van der Waals surface area contributed by atoms with Crippen LogP contribution in [0.15, 0.2) is 68.5 Å². The fourth-order valence-corrected chi connectivity index (χ4v) is 9.54. The van der Waals surface area contributed by atoms with E-state index in [0.717, 1.165) is 0 Å². The molecule has 0 heterocycles. The van der Waals surface area contributed by atoms with Gasteiger partial charge < -0.3 is 0 Å². The van der Waals surface area contributed by atoms with Crippen molar-refractivity contribution in [2.75, 3.05) is 0 Å². The molecule has 0 fully saturated rings. The van der Waals surface area contributed by atoms with Gasteiger partial charge in [0, 0.05) is 0 Å². The summed E-state index contributed by atoms with van der Waals surface area (Å²) in [4.78, 5) is 0. The summed E-state index contributed by atoms with van der Waals surface area (Å²) in [7, 11) is 0. The molecule has 0 atom stereocenters. The molecule has 2 aliphatic carbocycles. The van der Waals surface area contributed by atoms with Crippen molar-refractivity contribution in [2.45, 2.75) is 50.1 Å². The molecule has 0 amide bonds. The minimum absolute atomic E-state index is 0.696. The number of rotatable bonds is 5. The van der Waals surface area contributed by atoms with Crippen LogP contribution < -0.4 is 0 Å². The van der Waals surface area contributed by atoms with Crippen LogP contribution in [0.5, 0.6) is 0 Å². The van der Waals surface area contributed by atoms with E-state index in [0.29, 0.717) is 3.63 Å². The van der Waals surface area contributed by atoms with Crippen molar-refractivity contribution in [1.29, 1.82) is 0 Å². The molecule has 4 rings (SSSR count). The van der Waals surface area contributed by atoms with Crippen LogP contribution in [0, 0.1) is 0 Å². The number of hydrogen-bond donors (Lipinski definition) is 0. The number of allylic oxidation sites excluding steroid dienone is 4. The van der Waals surface area contributed by atoms with E-state index in [1.54, 1.807) is 27.8 Å². The standard InChI is InChI=1S/C13H9.C11H17.Zr/c1-3-7-12-10(5-1)9-11-6-2-4-8-13(11)12;1-4-9-7-8-10(5-2)11(9)6-3;/h1-9H;4-7H2,1-3H3;. The van der Waals surface area contributed by atoms with Gasteiger partial charge >= 0.3 is 164 Å². The van der Waals surface area contributed by atoms with Crippen LogP contribution in [-0.4, -0.2) is 0 Å². The first-order chi connectivity index (χ1) is 12.3. The summed E-state index contributed by atoms with van der Waals surface area (Å²) in [5, 5.41) is 0. The fraction of sp³-hybridized carbons (Fsp3) is 0.333. The zero-order valence-electron chi connectivity index (χ0n) is 15.5. The molecule has 126 valence electrons. The third-order valence-corrected chi connectivity index (χ3v) is 10.1. The Balaban J connectivity index is 1.75. The molecule has 0 spiro atoms. The molecule has 0 aliphatic heterocycles. The summed E-state index contributed by atoms with van der Waals surface area (Å²) in [5.41, 5.74) is 11.4. The first-order valence-electron chi connectivity index (χ1n) is 9.66. The van der Waals surface area contributed by atoms with Gasteiger partial charge in [0.25, 0.3) is 0 Å². The van der Waals surface area contributed by atoms with Crippen LogP contribution in [0.2, 0.25) is 0 Å². The molecule has 0 N–H and O–H groups in total. The first-order valence-corrected chi connectivity index (χ1v) is 12.3. The Morgan fingerprint density at radius 1 is 0.760 bits per heavy atom. The molecular weight excluding hydrogens is 379 g/mol. The van der Waals surface area contributed by atoms with Gasteiger partial charge in [0.2, 0.25) is 0 Å². The second-order valence-electron chi connectivity index (χ2n) is 7.03. The van der Waals surface area contributed by atoms with Gasteiger partial charge in [-0.15, -0.1) is 0 Å². The number of fused-ring (bicyclic) bond motifs is 3. The fourth-order valence-electron chi connectivity index (χ4n) is 4.67. The monoisotopic (exact) mass is 404 g/mol. The van der Waals surface area contributed by atoms with Crippen LogP contribution >= 0.6 is 0 Å². The van der Waals surface area contributed by atoms with E-state index in [1.165, 1.54) is 36.8 Å². The Morgan fingerprint density at radius 2 is 1.32 bits per heavy atom. The third-order valence-electron chi connectivity index (χ3n) is 5.83. The molecule has 2 aromatic rings. The minimum atomic E-state index is -0.701. The topological polar surface area (TPSA) is 0 Å². The summed E-state index contributed by atoms with van der Waals surface area (Å²) in [5.74, 6) is 0. The van der Waals surface area contributed by atoms with E-state index >= 15 is 0 Å². The Hall–Kier alpha value is -1.20. The van der Waals surface area contributed by atoms with Crippen LogP contribution in [0.1, 0.15) is 61.2 Å². The Morgan fingerprint density at radius 3 is 1.84 bits per heavy atom. The predicted molar refractivity (Wildman–Crippen MR) is 103 cm³/mol. The number of benzene rings is 2. The van der Waals surface area contributed by atoms with E-state index < -0.39 is 23.2 Å². The molecule has 0 saturated carbocycles. The van der Waals surface area contributed by atoms with Gasteiger partial charge in [-0.1, -0.05) is 0 Å². The predicted octanol–water partition coefficient (Wildman–Crippen LogP) is 7.02. The van der Waals surface area contributed by atoms with Crippen LogP contribution in [0.4, 0.5) is 0 Å². The normalized spacial score (nSPS) is 16.4. The maximum absolute atomic E-state index is 2.39. The van der Waals surface area contributed by atoms with Crippen molar-refractivity contribution in [3.63, 3.8) is 0 Å². The van der Waals surface area contributed by atoms with Crippen molar-refractivity contribution < 1.29 is 23.2 Å². The third kappa shape index (κ3) is 2.85. The van der Waals surface area contributed by atoms with Gasteiger partial charge in [0.15, 0.2) is 0 Å². The number of hydrogen-bond acceptors (Lipinski definition) is 0. The van der Waals surface area contributed by atoms with Crippen molar-refractivity contribution in [1.82, 2.24) is 0 Å². The quantitative estimate of drug-likeness (QED) is 0.501. The van der Waals surface area contributed by atoms with Gasteiger partial charge in [0.1, 0.15) is 0 Å². The Bertz CT molecular complexity index is 824. The molecule has 25 heavy (non-hydrogen) atoms. The van der Waals surface area contributed by atoms with E-state index in [4.69, 9.17) is 0 Å². The van der Waals surface area contributed by atoms with E-state index in [9.17, 15) is 0 Å². The summed E-state index contributed by atoms with van der Waals surface area (Å²) in [6.45, 7) is 7.04. The first kappa shape index (κ1) is 17.2. The summed E-state index contributed by atoms with van der Waals surface area (Å²) in [6.07, 6.45) is 4.95. The summed E-state index contributed by atoms with van der Waals surface area (Å²) < 4.78 is 2.57. The second-order valence-corrected chi connectivity index (χ2v) is 10.6. The SMILES string of the molecule is CCC1=C(CC)C(CC)=[C]([Zr][CH]2c3ccccc3-c3ccccc32)C1. The van der Waals surface area contributed by atoms with E-state index in [1.807, 2.05) is 3.28 Å². The van der Waals surface area contributed by atoms with Crippen molar-refractivity contribution in [3.05, 3.63) is 79.7 Å². The second kappa shape index (κ2) is 7.20. The molecule has 0 bridgehead atoms. The van der Waals surface area contributed by atoms with Crippen molar-refractivity contribution >= 4 is 0 Å². The van der Waals surface area contributed by atoms with Crippen molar-refractivity contribution in [3.8, 4) is 11.1 Å². The molecule has 1 heteroatoms. The maximum atomic E-state index is 2.39. The zero-order chi connectivity index (χ0) is 17.4. The summed E-state index contributed by atoms with van der Waals surface area (Å²) in [6, 6.07) is 18.3. The molecule has 0 aromatic heterocycles. The van der Waals surface area contributed by atoms with Crippen LogP contribution in [-0.2, 0) is 23.2 Å². The molecule has 0 saturated heterocycles. The van der Waals surface area contributed by atoms with Crippen molar-refractivity contribution in [2.24, 2.45) is 0 Å². The van der Waals surface area contributed by atoms with Crippen LogP contribution in [0.3, 0.4) is 0 Å². The van der Waals surface area contributed by atoms with Gasteiger partial charge in [-0.25, -0.2) is 0 Å². The van der Waals surface area contributed by atoms with Gasteiger partial charge in [-0.2, -0.15) is 0 Å². The Labute approximate surface area is 163 Å². The average molecular weight is 406 g/mol. The van der Waals surface area contributed by atoms with Gasteiger partial charge in [-0.3, -0.25) is 0 Å². The molecule has 2 aromatic carbocycles. The van der Waals surface area contributed by atoms with Gasteiger partial charge in [0.05, 0.1) is 0 Å². The molecule has 0 radical (unpaired) electrons. The Kier molecular flexibility index (Phi) is 4.96. The molecule has 2 aliphatic rings. The zero-order valence-corrected chi connectivity index (χ0v) is 18.0. The van der Waals surface area contributed by atoms with E-state index in [-0.39, 0.29) is 0 Å². The molecule has 0 unspecified atom stereocenters. The summed E-state index contributed by atoms with van der Waals surface area (Å²) >= 11 is -0.701. The van der Waals surface area contributed by atoms with Gasteiger partial charge in [-0.05, 0) is 0 Å². The molecular formula is C24H26Zr.